The number of rotatable bonds is 3. The number of nitrogens with zero attached hydrogens (tertiary/aromatic N) is 1. The van der Waals surface area contributed by atoms with E-state index in [0.29, 0.717) is 11.1 Å². The molecule has 0 amide bonds. The van der Waals surface area contributed by atoms with E-state index >= 15 is 0 Å². The van der Waals surface area contributed by atoms with Crippen LogP contribution >= 0.6 is 23.2 Å². The van der Waals surface area contributed by atoms with E-state index in [1.54, 1.807) is 6.92 Å². The third-order valence-corrected chi connectivity index (χ3v) is 3.11. The molecule has 2 aromatic rings. The van der Waals surface area contributed by atoms with Crippen LogP contribution in [0.25, 0.3) is 10.9 Å². The van der Waals surface area contributed by atoms with Crippen molar-refractivity contribution in [3.63, 3.8) is 0 Å². The van der Waals surface area contributed by atoms with Crippen LogP contribution in [-0.2, 0) is 10.6 Å². The molecule has 0 unspecified atom stereocenters. The fraction of sp³-hybridized carbons (Fsp3) is 0.231. The summed E-state index contributed by atoms with van der Waals surface area (Å²) in [5, 5.41) is 0.947. The zero-order valence-electron chi connectivity index (χ0n) is 9.74. The molecule has 0 spiro atoms. The molecule has 18 heavy (non-hydrogen) atoms. The molecule has 2 rings (SSSR count). The van der Waals surface area contributed by atoms with Crippen molar-refractivity contribution in [1.29, 1.82) is 0 Å². The maximum atomic E-state index is 11.9. The Balaban J connectivity index is 2.72. The second kappa shape index (κ2) is 5.55. The van der Waals surface area contributed by atoms with Gasteiger partial charge in [-0.05, 0) is 18.6 Å². The van der Waals surface area contributed by atoms with E-state index in [1.165, 1.54) is 0 Å². The lowest BCUT2D eigenvalue weighted by Crippen LogP contribution is -2.10. The van der Waals surface area contributed by atoms with Gasteiger partial charge >= 0.3 is 5.97 Å². The van der Waals surface area contributed by atoms with Gasteiger partial charge in [0.1, 0.15) is 10.7 Å². The van der Waals surface area contributed by atoms with Gasteiger partial charge in [-0.2, -0.15) is 0 Å². The highest BCUT2D eigenvalue weighted by atomic mass is 35.5. The largest absolute Gasteiger partial charge is 0.462 e. The van der Waals surface area contributed by atoms with Crippen molar-refractivity contribution in [2.45, 2.75) is 12.8 Å². The zero-order chi connectivity index (χ0) is 13.1. The monoisotopic (exact) mass is 283 g/mol. The Morgan fingerprint density at radius 2 is 2.11 bits per heavy atom. The molecule has 94 valence electrons. The van der Waals surface area contributed by atoms with Crippen molar-refractivity contribution in [1.82, 2.24) is 4.98 Å². The minimum Gasteiger partial charge on any atom is -0.462 e. The minimum absolute atomic E-state index is 0.128. The normalized spacial score (nSPS) is 10.6. The van der Waals surface area contributed by atoms with Crippen molar-refractivity contribution in [3.05, 3.63) is 40.5 Å². The molecule has 1 aromatic carbocycles. The third kappa shape index (κ3) is 2.28. The van der Waals surface area contributed by atoms with Crippen LogP contribution in [-0.4, -0.2) is 17.6 Å². The molecule has 0 N–H and O–H groups in total. The number of benzene rings is 1. The molecule has 3 nitrogen and oxygen atoms in total. The minimum atomic E-state index is -0.489. The lowest BCUT2D eigenvalue weighted by molar-refractivity contribution is 0.0525. The highest BCUT2D eigenvalue weighted by Crippen LogP contribution is 2.28. The average Bonchev–Trinajstić information content (AvgIpc) is 2.37. The fourth-order valence-electron chi connectivity index (χ4n) is 1.80. The Morgan fingerprint density at radius 3 is 2.78 bits per heavy atom. The fourth-order valence-corrected chi connectivity index (χ4v) is 2.36. The highest BCUT2D eigenvalue weighted by Gasteiger charge is 2.20. The highest BCUT2D eigenvalue weighted by molar-refractivity contribution is 6.33. The summed E-state index contributed by atoms with van der Waals surface area (Å²) in [4.78, 5) is 16.1. The topological polar surface area (TPSA) is 39.2 Å². The molecule has 0 fully saturated rings. The van der Waals surface area contributed by atoms with Gasteiger partial charge in [-0.1, -0.05) is 29.8 Å². The SMILES string of the molecule is CCOC(=O)c1c(Cl)nc2ccccc2c1CCl. The molecular weight excluding hydrogens is 273 g/mol. The number of hydrogen-bond acceptors (Lipinski definition) is 3. The predicted octanol–water partition coefficient (Wildman–Crippen LogP) is 3.80. The van der Waals surface area contributed by atoms with Crippen LogP contribution in [0.2, 0.25) is 5.15 Å². The summed E-state index contributed by atoms with van der Waals surface area (Å²) in [6.07, 6.45) is 0. The summed E-state index contributed by atoms with van der Waals surface area (Å²) in [7, 11) is 0. The van der Waals surface area contributed by atoms with Crippen molar-refractivity contribution in [2.24, 2.45) is 0 Å². The van der Waals surface area contributed by atoms with Gasteiger partial charge in [0.05, 0.1) is 12.1 Å². The predicted molar refractivity (Wildman–Crippen MR) is 72.3 cm³/mol. The number of ether oxygens (including phenoxy) is 1. The average molecular weight is 284 g/mol. The maximum Gasteiger partial charge on any atom is 0.341 e. The van der Waals surface area contributed by atoms with Gasteiger partial charge in [-0.15, -0.1) is 11.6 Å². The van der Waals surface area contributed by atoms with E-state index in [9.17, 15) is 4.79 Å². The molecule has 0 aliphatic carbocycles. The first-order valence-corrected chi connectivity index (χ1v) is 6.40. The Bertz CT molecular complexity index is 599. The number of carbonyl (C=O) groups excluding carboxylic acids is 1. The zero-order valence-corrected chi connectivity index (χ0v) is 11.3. The third-order valence-electron chi connectivity index (χ3n) is 2.57. The molecule has 1 aromatic heterocycles. The summed E-state index contributed by atoms with van der Waals surface area (Å²) in [5.41, 5.74) is 1.63. The lowest BCUT2D eigenvalue weighted by Gasteiger charge is -2.11. The molecule has 0 atom stereocenters. The van der Waals surface area contributed by atoms with Crippen LogP contribution in [0, 0.1) is 0 Å². The number of alkyl halides is 1. The van der Waals surface area contributed by atoms with Crippen LogP contribution in [0.5, 0.6) is 0 Å². The second-order valence-electron chi connectivity index (χ2n) is 3.63. The van der Waals surface area contributed by atoms with E-state index in [4.69, 9.17) is 27.9 Å². The van der Waals surface area contributed by atoms with Crippen molar-refractivity contribution in [2.75, 3.05) is 6.61 Å². The van der Waals surface area contributed by atoms with Gasteiger partial charge in [-0.25, -0.2) is 9.78 Å². The first kappa shape index (κ1) is 13.1. The summed E-state index contributed by atoms with van der Waals surface area (Å²) >= 11 is 12.0. The maximum absolute atomic E-state index is 11.9. The molecule has 0 radical (unpaired) electrons. The molecule has 0 saturated carbocycles. The van der Waals surface area contributed by atoms with Crippen molar-refractivity contribution >= 4 is 40.1 Å². The van der Waals surface area contributed by atoms with Gasteiger partial charge in [-0.3, -0.25) is 0 Å². The number of fused-ring (bicyclic) bond motifs is 1. The van der Waals surface area contributed by atoms with E-state index < -0.39 is 5.97 Å². The summed E-state index contributed by atoms with van der Waals surface area (Å²) < 4.78 is 4.98. The Kier molecular flexibility index (Phi) is 4.04. The van der Waals surface area contributed by atoms with E-state index in [2.05, 4.69) is 4.98 Å². The summed E-state index contributed by atoms with van der Waals surface area (Å²) in [6.45, 7) is 2.02. The summed E-state index contributed by atoms with van der Waals surface area (Å²) in [5.74, 6) is -0.312. The van der Waals surface area contributed by atoms with Crippen LogP contribution < -0.4 is 0 Å². The number of carbonyl (C=O) groups is 1. The quantitative estimate of drug-likeness (QED) is 0.489. The Hall–Kier alpha value is -1.32. The van der Waals surface area contributed by atoms with Gasteiger partial charge in [0, 0.05) is 11.3 Å². The van der Waals surface area contributed by atoms with E-state index in [0.717, 1.165) is 5.39 Å². The number of para-hydroxylation sites is 1. The van der Waals surface area contributed by atoms with Gasteiger partial charge < -0.3 is 4.74 Å². The van der Waals surface area contributed by atoms with Crippen LogP contribution in [0.15, 0.2) is 24.3 Å². The molecule has 1 heterocycles. The first-order chi connectivity index (χ1) is 8.69. The van der Waals surface area contributed by atoms with Crippen LogP contribution in [0.1, 0.15) is 22.8 Å². The van der Waals surface area contributed by atoms with Gasteiger partial charge in [0.25, 0.3) is 0 Å². The Labute approximate surface area is 115 Å². The smallest absolute Gasteiger partial charge is 0.341 e. The molecule has 0 bridgehead atoms. The van der Waals surface area contributed by atoms with Gasteiger partial charge in [0.15, 0.2) is 0 Å². The number of esters is 1. The van der Waals surface area contributed by atoms with Crippen molar-refractivity contribution in [3.8, 4) is 0 Å². The molecule has 0 saturated heterocycles. The van der Waals surface area contributed by atoms with Crippen LogP contribution in [0.4, 0.5) is 0 Å². The molecule has 0 aliphatic heterocycles. The lowest BCUT2D eigenvalue weighted by atomic mass is 10.1. The second-order valence-corrected chi connectivity index (χ2v) is 4.25. The molecule has 0 aliphatic rings. The molecule has 5 heteroatoms. The van der Waals surface area contributed by atoms with Crippen LogP contribution in [0.3, 0.4) is 0 Å². The first-order valence-electron chi connectivity index (χ1n) is 5.49. The molecular formula is C13H11Cl2NO2. The number of hydrogen-bond donors (Lipinski definition) is 0. The van der Waals surface area contributed by atoms with Crippen molar-refractivity contribution < 1.29 is 9.53 Å². The van der Waals surface area contributed by atoms with E-state index in [-0.39, 0.29) is 23.2 Å². The standard InChI is InChI=1S/C13H11Cl2NO2/c1-2-18-13(17)11-9(7-14)8-5-3-4-6-10(8)16-12(11)15/h3-6H,2,7H2,1H3. The number of pyridine rings is 1. The van der Waals surface area contributed by atoms with E-state index in [1.807, 2.05) is 24.3 Å². The number of aromatic nitrogens is 1. The summed E-state index contributed by atoms with van der Waals surface area (Å²) in [6, 6.07) is 7.40. The Morgan fingerprint density at radius 1 is 1.39 bits per heavy atom. The van der Waals surface area contributed by atoms with Gasteiger partial charge in [0.2, 0.25) is 0 Å². The number of halogens is 2.